The van der Waals surface area contributed by atoms with E-state index in [1.807, 2.05) is 6.92 Å². The van der Waals surface area contributed by atoms with Crippen LogP contribution in [0, 0.1) is 0 Å². The van der Waals surface area contributed by atoms with Gasteiger partial charge in [-0.1, -0.05) is 34.6 Å². The minimum absolute atomic E-state index is 0.762. The van der Waals surface area contributed by atoms with Gasteiger partial charge in [-0.05, 0) is 6.92 Å². The van der Waals surface area contributed by atoms with Gasteiger partial charge in [0.1, 0.15) is 0 Å². The van der Waals surface area contributed by atoms with Crippen LogP contribution in [0.15, 0.2) is 12.2 Å². The molecule has 42 valence electrons. The molecular weight excluding hydrogens is 150 g/mol. The zero-order valence-corrected chi connectivity index (χ0v) is 6.52. The molecule has 0 atom stereocenters. The van der Waals surface area contributed by atoms with Gasteiger partial charge in [-0.2, -0.15) is 0 Å². The van der Waals surface area contributed by atoms with E-state index in [-0.39, 0.29) is 0 Å². The number of hydrogen-bond donors (Lipinski definition) is 0. The Labute approximate surface area is 54.8 Å². The number of hydrogen-bond acceptors (Lipinski definition) is 0. The summed E-state index contributed by atoms with van der Waals surface area (Å²) in [5.41, 5.74) is 1.05. The van der Waals surface area contributed by atoms with Crippen molar-refractivity contribution in [3.05, 3.63) is 12.2 Å². The lowest BCUT2D eigenvalue weighted by Gasteiger charge is -1.95. The fourth-order valence-electron chi connectivity index (χ4n) is 0.204. The summed E-state index contributed by atoms with van der Waals surface area (Å²) in [7, 11) is 0. The fraction of sp³-hybridized carbons (Fsp3) is 0.500. The van der Waals surface area contributed by atoms with Crippen molar-refractivity contribution >= 4 is 29.1 Å². The predicted molar refractivity (Wildman–Crippen MR) is 38.3 cm³/mol. The molecule has 0 bridgehead atoms. The van der Waals surface area contributed by atoms with E-state index in [1.165, 1.54) is 0 Å². The Bertz CT molecular complexity index is 70.1. The molecule has 7 heavy (non-hydrogen) atoms. The molecule has 0 aromatic carbocycles. The first-order valence-corrected chi connectivity index (χ1v) is 5.20. The molecular formula is C4H7Cl2P. The van der Waals surface area contributed by atoms with Gasteiger partial charge in [-0.3, -0.25) is 0 Å². The summed E-state index contributed by atoms with van der Waals surface area (Å²) < 4.78 is 0. The van der Waals surface area contributed by atoms with E-state index < -0.39 is 6.63 Å². The molecule has 0 amide bonds. The molecule has 0 aromatic heterocycles. The summed E-state index contributed by atoms with van der Waals surface area (Å²) in [6.07, 6.45) is 0.762. The van der Waals surface area contributed by atoms with Crippen LogP contribution in [0.5, 0.6) is 0 Å². The van der Waals surface area contributed by atoms with Crippen molar-refractivity contribution in [2.24, 2.45) is 0 Å². The zero-order valence-electron chi connectivity index (χ0n) is 4.12. The molecule has 0 aliphatic carbocycles. The second-order valence-electron chi connectivity index (χ2n) is 1.42. The lowest BCUT2D eigenvalue weighted by molar-refractivity contribution is 1.44. The van der Waals surface area contributed by atoms with Gasteiger partial charge in [0.15, 0.2) is 0 Å². The Morgan fingerprint density at radius 3 is 2.14 bits per heavy atom. The van der Waals surface area contributed by atoms with Crippen molar-refractivity contribution in [1.29, 1.82) is 0 Å². The molecule has 0 saturated carbocycles. The lowest BCUT2D eigenvalue weighted by atomic mass is 10.4. The molecule has 0 aliphatic heterocycles. The molecule has 0 N–H and O–H groups in total. The van der Waals surface area contributed by atoms with Crippen molar-refractivity contribution in [3.63, 3.8) is 0 Å². The van der Waals surface area contributed by atoms with Gasteiger partial charge in [0.05, 0.1) is 6.63 Å². The molecule has 0 saturated heterocycles. The van der Waals surface area contributed by atoms with Crippen LogP contribution in [0.4, 0.5) is 0 Å². The van der Waals surface area contributed by atoms with E-state index in [1.54, 1.807) is 0 Å². The summed E-state index contributed by atoms with van der Waals surface area (Å²) in [6.45, 7) is 4.76. The number of rotatable bonds is 2. The third kappa shape index (κ3) is 6.75. The molecule has 0 fully saturated rings. The average molecular weight is 157 g/mol. The van der Waals surface area contributed by atoms with Crippen LogP contribution in [0.3, 0.4) is 0 Å². The van der Waals surface area contributed by atoms with Crippen LogP contribution in [-0.2, 0) is 0 Å². The Kier molecular flexibility index (Phi) is 4.11. The van der Waals surface area contributed by atoms with E-state index in [0.29, 0.717) is 0 Å². The van der Waals surface area contributed by atoms with Crippen LogP contribution >= 0.6 is 29.1 Å². The first-order chi connectivity index (χ1) is 3.13. The molecule has 0 unspecified atom stereocenters. The van der Waals surface area contributed by atoms with Crippen molar-refractivity contribution in [2.75, 3.05) is 6.16 Å². The molecule has 0 nitrogen and oxygen atoms in total. The van der Waals surface area contributed by atoms with E-state index in [9.17, 15) is 0 Å². The number of halogens is 2. The van der Waals surface area contributed by atoms with Gasteiger partial charge in [-0.25, -0.2) is 0 Å². The molecule has 0 aromatic rings. The lowest BCUT2D eigenvalue weighted by Crippen LogP contribution is -1.71. The molecule has 0 radical (unpaired) electrons. The first kappa shape index (κ1) is 7.75. The van der Waals surface area contributed by atoms with Crippen LogP contribution < -0.4 is 0 Å². The maximum atomic E-state index is 5.44. The maximum absolute atomic E-state index is 5.44. The molecule has 0 rings (SSSR count). The quantitative estimate of drug-likeness (QED) is 0.425. The highest BCUT2D eigenvalue weighted by molar-refractivity contribution is 8.04. The summed E-state index contributed by atoms with van der Waals surface area (Å²) >= 11 is 10.9. The van der Waals surface area contributed by atoms with E-state index in [2.05, 4.69) is 6.58 Å². The molecule has 0 heterocycles. The Balaban J connectivity index is 3.13. The highest BCUT2D eigenvalue weighted by atomic mass is 35.9. The minimum atomic E-state index is -0.795. The summed E-state index contributed by atoms with van der Waals surface area (Å²) in [4.78, 5) is 0. The van der Waals surface area contributed by atoms with Crippen LogP contribution in [0.2, 0.25) is 0 Å². The van der Waals surface area contributed by atoms with Gasteiger partial charge in [-0.15, -0.1) is 0 Å². The predicted octanol–water partition coefficient (Wildman–Crippen LogP) is 3.35. The highest BCUT2D eigenvalue weighted by Gasteiger charge is 1.95. The Morgan fingerprint density at radius 1 is 1.71 bits per heavy atom. The molecule has 0 aliphatic rings. The van der Waals surface area contributed by atoms with Crippen LogP contribution in [0.1, 0.15) is 6.92 Å². The number of allylic oxidation sites excluding steroid dienone is 1. The fourth-order valence-corrected chi connectivity index (χ4v) is 1.84. The third-order valence-corrected chi connectivity index (χ3v) is 1.89. The second kappa shape index (κ2) is 3.72. The minimum Gasteiger partial charge on any atom is -0.0997 e. The standard InChI is InChI=1S/C4H7Cl2P/c1-4(2)3-7(5)6/h1,3H2,2H3. The second-order valence-corrected chi connectivity index (χ2v) is 5.31. The van der Waals surface area contributed by atoms with E-state index >= 15 is 0 Å². The normalized spacial score (nSPS) is 9.71. The van der Waals surface area contributed by atoms with E-state index in [4.69, 9.17) is 22.5 Å². The van der Waals surface area contributed by atoms with Gasteiger partial charge >= 0.3 is 0 Å². The SMILES string of the molecule is C=C(C)CP(Cl)Cl. The largest absolute Gasteiger partial charge is 0.0997 e. The van der Waals surface area contributed by atoms with Gasteiger partial charge in [0, 0.05) is 6.16 Å². The van der Waals surface area contributed by atoms with Crippen molar-refractivity contribution in [1.82, 2.24) is 0 Å². The van der Waals surface area contributed by atoms with Crippen LogP contribution in [-0.4, -0.2) is 6.16 Å². The summed E-state index contributed by atoms with van der Waals surface area (Å²) in [6, 6.07) is 0. The van der Waals surface area contributed by atoms with Crippen molar-refractivity contribution < 1.29 is 0 Å². The first-order valence-electron chi connectivity index (χ1n) is 1.86. The van der Waals surface area contributed by atoms with Crippen molar-refractivity contribution in [3.8, 4) is 0 Å². The Morgan fingerprint density at radius 2 is 2.14 bits per heavy atom. The molecule has 3 heteroatoms. The highest BCUT2D eigenvalue weighted by Crippen LogP contribution is 2.47. The molecule has 0 spiro atoms. The zero-order chi connectivity index (χ0) is 5.86. The monoisotopic (exact) mass is 156 g/mol. The maximum Gasteiger partial charge on any atom is 0.0895 e. The van der Waals surface area contributed by atoms with Gasteiger partial charge in [0.25, 0.3) is 0 Å². The van der Waals surface area contributed by atoms with Crippen molar-refractivity contribution in [2.45, 2.75) is 6.92 Å². The summed E-state index contributed by atoms with van der Waals surface area (Å²) in [5.74, 6) is 0. The average Bonchev–Trinajstić information content (AvgIpc) is 1.27. The van der Waals surface area contributed by atoms with Gasteiger partial charge in [0.2, 0.25) is 0 Å². The summed E-state index contributed by atoms with van der Waals surface area (Å²) in [5, 5.41) is 0. The smallest absolute Gasteiger partial charge is 0.0895 e. The van der Waals surface area contributed by atoms with Crippen LogP contribution in [0.25, 0.3) is 0 Å². The Hall–Kier alpha value is 0.750. The topological polar surface area (TPSA) is 0 Å². The van der Waals surface area contributed by atoms with Gasteiger partial charge < -0.3 is 0 Å². The third-order valence-electron chi connectivity index (χ3n) is 0.389. The van der Waals surface area contributed by atoms with E-state index in [0.717, 1.165) is 11.7 Å².